The van der Waals surface area contributed by atoms with Crippen LogP contribution >= 0.6 is 22.7 Å². The minimum Gasteiger partial charge on any atom is -0.379 e. The van der Waals surface area contributed by atoms with E-state index in [1.54, 1.807) is 22.7 Å². The number of rotatable bonds is 2. The van der Waals surface area contributed by atoms with Crippen LogP contribution in [0.5, 0.6) is 0 Å². The second-order valence-electron chi connectivity index (χ2n) is 3.03. The van der Waals surface area contributed by atoms with E-state index in [2.05, 4.69) is 0 Å². The fraction of sp³-hybridized carbons (Fsp3) is 0.429. The van der Waals surface area contributed by atoms with Gasteiger partial charge in [-0.1, -0.05) is 39.8 Å². The quantitative estimate of drug-likeness (QED) is 0.803. The Kier molecular flexibility index (Phi) is 8.13. The molecule has 2 rings (SSSR count). The molecule has 96 valence electrons. The lowest BCUT2D eigenvalue weighted by Crippen LogP contribution is -2.19. The molecule has 0 aliphatic heterocycles. The van der Waals surface area contributed by atoms with Crippen LogP contribution in [0.25, 0.3) is 0 Å². The molecular weight excluding hydrogens is 248 g/mol. The maximum absolute atomic E-state index is 10.3. The Morgan fingerprint density at radius 2 is 1.24 bits per heavy atom. The van der Waals surface area contributed by atoms with Crippen LogP contribution in [-0.2, 0) is 5.60 Å². The second-order valence-corrected chi connectivity index (χ2v) is 4.92. The standard InChI is InChI=1S/C10H10OS2.2C2H6/c1-10(11,8-4-2-6-12-8)9-5-3-7-13-9;2*1-2/h2-7,11H,1H3;2*1-2H3. The van der Waals surface area contributed by atoms with Crippen molar-refractivity contribution >= 4 is 22.7 Å². The van der Waals surface area contributed by atoms with Crippen molar-refractivity contribution in [2.75, 3.05) is 0 Å². The van der Waals surface area contributed by atoms with Crippen molar-refractivity contribution in [2.24, 2.45) is 0 Å². The van der Waals surface area contributed by atoms with Gasteiger partial charge in [0.15, 0.2) is 0 Å². The van der Waals surface area contributed by atoms with Gasteiger partial charge in [0.05, 0.1) is 0 Å². The zero-order valence-electron chi connectivity index (χ0n) is 11.2. The van der Waals surface area contributed by atoms with Gasteiger partial charge in [0, 0.05) is 9.75 Å². The molecule has 2 aromatic heterocycles. The molecule has 0 aliphatic rings. The molecule has 0 fully saturated rings. The Morgan fingerprint density at radius 3 is 1.47 bits per heavy atom. The molecule has 17 heavy (non-hydrogen) atoms. The average Bonchev–Trinajstić information content (AvgIpc) is 3.08. The first-order valence-corrected chi connectivity index (χ1v) is 7.77. The molecule has 3 heteroatoms. The highest BCUT2D eigenvalue weighted by Crippen LogP contribution is 2.34. The molecule has 0 unspecified atom stereocenters. The molecule has 0 bridgehead atoms. The summed E-state index contributed by atoms with van der Waals surface area (Å²) < 4.78 is 0. The summed E-state index contributed by atoms with van der Waals surface area (Å²) in [7, 11) is 0. The molecule has 0 aliphatic carbocycles. The van der Waals surface area contributed by atoms with E-state index in [0.717, 1.165) is 9.75 Å². The van der Waals surface area contributed by atoms with E-state index < -0.39 is 5.60 Å². The molecule has 1 nitrogen and oxygen atoms in total. The van der Waals surface area contributed by atoms with Crippen molar-refractivity contribution in [3.05, 3.63) is 44.8 Å². The molecule has 0 saturated carbocycles. The first kappa shape index (κ1) is 16.4. The van der Waals surface area contributed by atoms with Crippen molar-refractivity contribution < 1.29 is 5.11 Å². The van der Waals surface area contributed by atoms with E-state index in [1.165, 1.54) is 0 Å². The van der Waals surface area contributed by atoms with Crippen molar-refractivity contribution in [3.63, 3.8) is 0 Å². The van der Waals surface area contributed by atoms with Gasteiger partial charge >= 0.3 is 0 Å². The van der Waals surface area contributed by atoms with Crippen LogP contribution in [0.4, 0.5) is 0 Å². The molecule has 2 aromatic rings. The number of hydrogen-bond acceptors (Lipinski definition) is 3. The highest BCUT2D eigenvalue weighted by atomic mass is 32.1. The molecular formula is C14H22OS2. The van der Waals surface area contributed by atoms with Crippen molar-refractivity contribution in [2.45, 2.75) is 40.2 Å². The van der Waals surface area contributed by atoms with Gasteiger partial charge in [0.1, 0.15) is 5.60 Å². The summed E-state index contributed by atoms with van der Waals surface area (Å²) in [5.41, 5.74) is -0.817. The summed E-state index contributed by atoms with van der Waals surface area (Å²) in [4.78, 5) is 1.99. The van der Waals surface area contributed by atoms with Crippen LogP contribution in [-0.4, -0.2) is 5.11 Å². The fourth-order valence-electron chi connectivity index (χ4n) is 1.23. The number of hydrogen-bond donors (Lipinski definition) is 1. The van der Waals surface area contributed by atoms with Gasteiger partial charge in [-0.05, 0) is 29.8 Å². The van der Waals surface area contributed by atoms with Gasteiger partial charge in [0.25, 0.3) is 0 Å². The predicted octanol–water partition coefficient (Wildman–Crippen LogP) is 5.12. The highest BCUT2D eigenvalue weighted by molar-refractivity contribution is 7.11. The largest absolute Gasteiger partial charge is 0.379 e. The zero-order valence-corrected chi connectivity index (χ0v) is 12.9. The average molecular weight is 270 g/mol. The molecule has 2 heterocycles. The first-order valence-electron chi connectivity index (χ1n) is 6.01. The topological polar surface area (TPSA) is 20.2 Å². The van der Waals surface area contributed by atoms with Crippen molar-refractivity contribution in [1.82, 2.24) is 0 Å². The lowest BCUT2D eigenvalue weighted by molar-refractivity contribution is 0.110. The molecule has 0 aromatic carbocycles. The summed E-state index contributed by atoms with van der Waals surface area (Å²) >= 11 is 3.17. The van der Waals surface area contributed by atoms with Gasteiger partial charge in [0.2, 0.25) is 0 Å². The van der Waals surface area contributed by atoms with Crippen molar-refractivity contribution in [3.8, 4) is 0 Å². The predicted molar refractivity (Wildman–Crippen MR) is 80.0 cm³/mol. The van der Waals surface area contributed by atoms with E-state index in [4.69, 9.17) is 0 Å². The Hall–Kier alpha value is -0.640. The van der Waals surface area contributed by atoms with Crippen LogP contribution in [0.2, 0.25) is 0 Å². The normalized spacial score (nSPS) is 9.76. The lowest BCUT2D eigenvalue weighted by Gasteiger charge is -2.19. The van der Waals surface area contributed by atoms with E-state index >= 15 is 0 Å². The SMILES string of the molecule is CC.CC.CC(O)(c1cccs1)c1cccs1. The van der Waals surface area contributed by atoms with Crippen LogP contribution < -0.4 is 0 Å². The monoisotopic (exact) mass is 270 g/mol. The maximum Gasteiger partial charge on any atom is 0.130 e. The Bertz CT molecular complexity index is 325. The van der Waals surface area contributed by atoms with Crippen LogP contribution in [0.1, 0.15) is 44.4 Å². The van der Waals surface area contributed by atoms with Crippen LogP contribution in [0.15, 0.2) is 35.0 Å². The molecule has 0 saturated heterocycles. The van der Waals surface area contributed by atoms with Gasteiger partial charge in [-0.15, -0.1) is 22.7 Å². The van der Waals surface area contributed by atoms with E-state index in [9.17, 15) is 5.11 Å². The molecule has 0 atom stereocenters. The smallest absolute Gasteiger partial charge is 0.130 e. The first-order chi connectivity index (χ1) is 8.21. The summed E-state index contributed by atoms with van der Waals surface area (Å²) in [6.07, 6.45) is 0. The van der Waals surface area contributed by atoms with Gasteiger partial charge < -0.3 is 5.11 Å². The highest BCUT2D eigenvalue weighted by Gasteiger charge is 2.27. The molecule has 0 radical (unpaired) electrons. The fourth-order valence-corrected chi connectivity index (χ4v) is 2.90. The zero-order chi connectivity index (χ0) is 13.3. The molecule has 1 N–H and O–H groups in total. The Labute approximate surface area is 113 Å². The van der Waals surface area contributed by atoms with E-state index in [1.807, 2.05) is 69.6 Å². The van der Waals surface area contributed by atoms with Gasteiger partial charge in [-0.25, -0.2) is 0 Å². The van der Waals surface area contributed by atoms with Gasteiger partial charge in [-0.2, -0.15) is 0 Å². The Balaban J connectivity index is 0.000000581. The van der Waals surface area contributed by atoms with Gasteiger partial charge in [-0.3, -0.25) is 0 Å². The van der Waals surface area contributed by atoms with Crippen LogP contribution in [0, 0.1) is 0 Å². The Morgan fingerprint density at radius 1 is 0.882 bits per heavy atom. The maximum atomic E-state index is 10.3. The second kappa shape index (κ2) is 8.45. The summed E-state index contributed by atoms with van der Waals surface area (Å²) in [6, 6.07) is 7.85. The minimum absolute atomic E-state index is 0.817. The molecule has 0 spiro atoms. The van der Waals surface area contributed by atoms with E-state index in [0.29, 0.717) is 0 Å². The lowest BCUT2D eigenvalue weighted by atomic mass is 10.0. The summed E-state index contributed by atoms with van der Waals surface area (Å²) in [5.74, 6) is 0. The van der Waals surface area contributed by atoms with E-state index in [-0.39, 0.29) is 0 Å². The molecule has 0 amide bonds. The third-order valence-electron chi connectivity index (χ3n) is 2.00. The number of thiophene rings is 2. The summed E-state index contributed by atoms with van der Waals surface area (Å²) in [5, 5.41) is 14.2. The van der Waals surface area contributed by atoms with Crippen LogP contribution in [0.3, 0.4) is 0 Å². The summed E-state index contributed by atoms with van der Waals surface area (Å²) in [6.45, 7) is 9.84. The number of aliphatic hydroxyl groups is 1. The third-order valence-corrected chi connectivity index (χ3v) is 4.16. The third kappa shape index (κ3) is 4.26. The minimum atomic E-state index is -0.817. The van der Waals surface area contributed by atoms with Crippen molar-refractivity contribution in [1.29, 1.82) is 0 Å².